The number of rotatable bonds is 11. The number of nitrogens with two attached hydrogens (primary N) is 1. The smallest absolute Gasteiger partial charge is 0.313 e. The van der Waals surface area contributed by atoms with Gasteiger partial charge in [-0.25, -0.2) is 0 Å². The minimum Gasteiger partial charge on any atom is -0.466 e. The molecule has 4 heteroatoms. The number of hydrogen-bond donors (Lipinski definition) is 2. The third-order valence-electron chi connectivity index (χ3n) is 5.08. The lowest BCUT2D eigenvalue weighted by Gasteiger charge is -2.32. The summed E-state index contributed by atoms with van der Waals surface area (Å²) in [6.45, 7) is 9.13. The highest BCUT2D eigenvalue weighted by Crippen LogP contribution is 2.34. The maximum Gasteiger partial charge on any atom is 0.313 e. The normalized spacial score (nSPS) is 24.1. The van der Waals surface area contributed by atoms with Crippen LogP contribution in [0, 0.1) is 11.8 Å². The van der Waals surface area contributed by atoms with E-state index in [4.69, 9.17) is 4.74 Å². The van der Waals surface area contributed by atoms with Gasteiger partial charge in [-0.05, 0) is 32.3 Å². The Morgan fingerprint density at radius 2 is 2.04 bits per heavy atom. The van der Waals surface area contributed by atoms with E-state index in [9.17, 15) is 4.79 Å². The van der Waals surface area contributed by atoms with Crippen LogP contribution in [-0.4, -0.2) is 45.8 Å². The largest absolute Gasteiger partial charge is 0.466 e. The van der Waals surface area contributed by atoms with Gasteiger partial charge in [0.2, 0.25) is 0 Å². The summed E-state index contributed by atoms with van der Waals surface area (Å²) in [5.41, 5.74) is 1.22. The second-order valence-electron chi connectivity index (χ2n) is 7.63. The lowest BCUT2D eigenvalue weighted by atomic mass is 9.74. The molecule has 140 valence electrons. The summed E-state index contributed by atoms with van der Waals surface area (Å²) in [6, 6.07) is 0.527. The summed E-state index contributed by atoms with van der Waals surface area (Å²) in [6.07, 6.45) is 9.53. The number of carbonyl (C=O) groups excluding carboxylic acids is 1. The van der Waals surface area contributed by atoms with Gasteiger partial charge in [-0.15, -0.1) is 0 Å². The van der Waals surface area contributed by atoms with Gasteiger partial charge >= 0.3 is 5.97 Å². The van der Waals surface area contributed by atoms with Crippen LogP contribution in [0.3, 0.4) is 0 Å². The summed E-state index contributed by atoms with van der Waals surface area (Å²) in [7, 11) is 4.41. The van der Waals surface area contributed by atoms with Gasteiger partial charge in [0.15, 0.2) is 0 Å². The monoisotopic (exact) mass is 340 g/mol. The molecule has 0 unspecified atom stereocenters. The van der Waals surface area contributed by atoms with Crippen molar-refractivity contribution in [3.8, 4) is 0 Å². The molecule has 0 radical (unpaired) electrons. The van der Waals surface area contributed by atoms with Crippen LogP contribution in [0.2, 0.25) is 0 Å². The van der Waals surface area contributed by atoms with Gasteiger partial charge in [0.05, 0.1) is 39.7 Å². The number of carbonyl (C=O) groups is 1. The van der Waals surface area contributed by atoms with Crippen molar-refractivity contribution in [2.45, 2.75) is 65.3 Å². The second kappa shape index (κ2) is 11.6. The van der Waals surface area contributed by atoms with Crippen molar-refractivity contribution in [2.24, 2.45) is 11.8 Å². The van der Waals surface area contributed by atoms with E-state index in [1.165, 1.54) is 49.2 Å². The van der Waals surface area contributed by atoms with Crippen molar-refractivity contribution in [1.82, 2.24) is 0 Å². The fourth-order valence-electron chi connectivity index (χ4n) is 3.87. The molecule has 0 fully saturated rings. The van der Waals surface area contributed by atoms with E-state index in [-0.39, 0.29) is 11.9 Å². The van der Waals surface area contributed by atoms with E-state index in [1.54, 1.807) is 0 Å². The molecule has 1 rings (SSSR count). The van der Waals surface area contributed by atoms with Crippen LogP contribution in [0.25, 0.3) is 0 Å². The van der Waals surface area contributed by atoms with Crippen LogP contribution in [0.15, 0.2) is 11.6 Å². The summed E-state index contributed by atoms with van der Waals surface area (Å²) in [5.74, 6) is 0.418. The lowest BCUT2D eigenvalue weighted by molar-refractivity contribution is -0.860. The molecule has 0 saturated heterocycles. The molecule has 0 bridgehead atoms. The van der Waals surface area contributed by atoms with Crippen LogP contribution in [0.4, 0.5) is 0 Å². The predicted molar refractivity (Wildman–Crippen MR) is 99.0 cm³/mol. The quantitative estimate of drug-likeness (QED) is 0.337. The van der Waals surface area contributed by atoms with E-state index in [0.29, 0.717) is 18.6 Å². The molecule has 3 atom stereocenters. The van der Waals surface area contributed by atoms with E-state index < -0.39 is 0 Å². The maximum absolute atomic E-state index is 12.4. The molecule has 1 aliphatic carbocycles. The van der Waals surface area contributed by atoms with Crippen LogP contribution in [0.5, 0.6) is 0 Å². The zero-order valence-electron chi connectivity index (χ0n) is 16.6. The van der Waals surface area contributed by atoms with Gasteiger partial charge in [-0.1, -0.05) is 31.8 Å². The van der Waals surface area contributed by atoms with Gasteiger partial charge in [-0.3, -0.25) is 4.79 Å². The molecule has 1 aliphatic rings. The third-order valence-corrected chi connectivity index (χ3v) is 5.08. The number of quaternary nitrogens is 2. The van der Waals surface area contributed by atoms with Crippen LogP contribution < -0.4 is 10.2 Å². The highest BCUT2D eigenvalue weighted by molar-refractivity contribution is 5.76. The van der Waals surface area contributed by atoms with Gasteiger partial charge in [0, 0.05) is 12.8 Å². The Bertz CT molecular complexity index is 393. The Hall–Kier alpha value is -0.870. The average molecular weight is 341 g/mol. The lowest BCUT2D eigenvalue weighted by Crippen LogP contribution is -3.06. The zero-order valence-corrected chi connectivity index (χ0v) is 16.6. The number of esters is 1. The van der Waals surface area contributed by atoms with Crippen molar-refractivity contribution in [3.05, 3.63) is 11.6 Å². The average Bonchev–Trinajstić information content (AvgIpc) is 2.51. The SMILES string of the molecule is CCCCC[C@H]1C[C@@H]([NH2+]CCC[NH+](C)C)C=C(C)[C@@H]1C(=O)OCC. The molecule has 4 nitrogen and oxygen atoms in total. The second-order valence-corrected chi connectivity index (χ2v) is 7.63. The molecule has 0 aromatic rings. The molecule has 0 amide bonds. The topological polar surface area (TPSA) is 47.4 Å². The van der Waals surface area contributed by atoms with Crippen molar-refractivity contribution in [3.63, 3.8) is 0 Å². The molecule has 3 N–H and O–H groups in total. The van der Waals surface area contributed by atoms with Crippen molar-refractivity contribution in [2.75, 3.05) is 33.8 Å². The Morgan fingerprint density at radius 1 is 1.29 bits per heavy atom. The minimum absolute atomic E-state index is 0.0117. The molecular weight excluding hydrogens is 300 g/mol. The number of unbranched alkanes of at least 4 members (excludes halogenated alkanes) is 2. The third kappa shape index (κ3) is 7.35. The molecule has 0 heterocycles. The zero-order chi connectivity index (χ0) is 17.9. The number of nitrogens with one attached hydrogen (secondary N) is 1. The van der Waals surface area contributed by atoms with Crippen molar-refractivity contribution >= 4 is 5.97 Å². The summed E-state index contributed by atoms with van der Waals surface area (Å²) < 4.78 is 5.36. The molecule has 0 aromatic carbocycles. The molecular formula is C20H40N2O2+2. The Kier molecular flexibility index (Phi) is 10.3. The van der Waals surface area contributed by atoms with Gasteiger partial charge < -0.3 is 15.0 Å². The number of hydrogen-bond acceptors (Lipinski definition) is 2. The standard InChI is InChI=1S/C20H38N2O2/c1-6-8-9-11-17-15-18(21-12-10-13-22(4)5)14-16(3)19(17)20(23)24-7-2/h14,17-19,21H,6-13,15H2,1-5H3/p+2/t17-,18-,19-/m0/s1. The van der Waals surface area contributed by atoms with Crippen molar-refractivity contribution < 1.29 is 19.7 Å². The fraction of sp³-hybridized carbons (Fsp3) is 0.850. The Labute approximate surface area is 149 Å². The van der Waals surface area contributed by atoms with Crippen LogP contribution in [-0.2, 0) is 9.53 Å². The molecule has 0 aliphatic heterocycles. The Balaban J connectivity index is 2.65. The first-order valence-electron chi connectivity index (χ1n) is 9.96. The first kappa shape index (κ1) is 21.2. The first-order chi connectivity index (χ1) is 11.5. The highest BCUT2D eigenvalue weighted by Gasteiger charge is 2.36. The highest BCUT2D eigenvalue weighted by atomic mass is 16.5. The van der Waals surface area contributed by atoms with Crippen molar-refractivity contribution in [1.29, 1.82) is 0 Å². The maximum atomic E-state index is 12.4. The van der Waals surface area contributed by atoms with E-state index in [2.05, 4.69) is 39.3 Å². The van der Waals surface area contributed by atoms with Crippen LogP contribution >= 0.6 is 0 Å². The Morgan fingerprint density at radius 3 is 2.67 bits per heavy atom. The van der Waals surface area contributed by atoms with Gasteiger partial charge in [0.1, 0.15) is 6.04 Å². The summed E-state index contributed by atoms with van der Waals surface area (Å²) in [4.78, 5) is 13.9. The van der Waals surface area contributed by atoms with E-state index >= 15 is 0 Å². The van der Waals surface area contributed by atoms with Gasteiger partial charge in [-0.2, -0.15) is 0 Å². The summed E-state index contributed by atoms with van der Waals surface area (Å²) in [5, 5.41) is 2.47. The van der Waals surface area contributed by atoms with Gasteiger partial charge in [0.25, 0.3) is 0 Å². The number of ether oxygens (including phenoxy) is 1. The molecule has 0 saturated carbocycles. The first-order valence-corrected chi connectivity index (χ1v) is 9.96. The fourth-order valence-corrected chi connectivity index (χ4v) is 3.87. The minimum atomic E-state index is -0.0160. The van der Waals surface area contributed by atoms with E-state index in [1.807, 2.05) is 6.92 Å². The van der Waals surface area contributed by atoms with E-state index in [0.717, 1.165) is 12.8 Å². The van der Waals surface area contributed by atoms with Crippen LogP contribution in [0.1, 0.15) is 59.3 Å². The predicted octanol–water partition coefficient (Wildman–Crippen LogP) is 1.18. The molecule has 24 heavy (non-hydrogen) atoms. The molecule has 0 spiro atoms. The molecule has 0 aromatic heterocycles. The summed E-state index contributed by atoms with van der Waals surface area (Å²) >= 11 is 0.